The Balaban J connectivity index is 1.00. The Labute approximate surface area is 315 Å². The van der Waals surface area contributed by atoms with Gasteiger partial charge in [0.15, 0.2) is 5.82 Å². The number of fused-ring (bicyclic) bond motifs is 3. The summed E-state index contributed by atoms with van der Waals surface area (Å²) in [6, 6.07) is 18.0. The van der Waals surface area contributed by atoms with Gasteiger partial charge in [0.1, 0.15) is 23.4 Å². The largest absolute Gasteiger partial charge is 0.497 e. The molecule has 3 aromatic carbocycles. The van der Waals surface area contributed by atoms with Crippen molar-refractivity contribution in [3.8, 4) is 22.6 Å². The van der Waals surface area contributed by atoms with Gasteiger partial charge in [0, 0.05) is 34.8 Å². The standard InChI is InChI=1S/C39H44ClN7O5S/c1-24-11-12-29(37-25(2)46-52-26(37)3)21-35(24)53(49,50)42-20-10-8-6-7-9-19-41-36(48)23-33-39-45-44-27(4)47(39)34-18-17-31(51-5)22-32(34)38(43-33)28-13-15-30(40)16-14-28/h11-18,21-22,33,42H,6-10,19-20,23H2,1-5H3,(H,41,48)/t33-/m0/s1. The highest BCUT2D eigenvalue weighted by Crippen LogP contribution is 2.35. The molecule has 6 rings (SSSR count). The van der Waals surface area contributed by atoms with Crippen molar-refractivity contribution in [3.05, 3.63) is 105 Å². The van der Waals surface area contributed by atoms with Crippen LogP contribution in [0.5, 0.6) is 5.75 Å². The number of ether oxygens (including phenoxy) is 1. The number of carbonyl (C=O) groups excluding carboxylic acids is 1. The van der Waals surface area contributed by atoms with E-state index in [-0.39, 0.29) is 17.2 Å². The van der Waals surface area contributed by atoms with Crippen molar-refractivity contribution >= 4 is 33.2 Å². The van der Waals surface area contributed by atoms with Crippen LogP contribution < -0.4 is 14.8 Å². The van der Waals surface area contributed by atoms with Gasteiger partial charge in [-0.1, -0.05) is 60.3 Å². The van der Waals surface area contributed by atoms with Crippen molar-refractivity contribution in [3.63, 3.8) is 0 Å². The third-order valence-electron chi connectivity index (χ3n) is 9.40. The summed E-state index contributed by atoms with van der Waals surface area (Å²) in [5.41, 5.74) is 6.21. The molecule has 0 radical (unpaired) electrons. The van der Waals surface area contributed by atoms with E-state index in [1.165, 1.54) is 0 Å². The summed E-state index contributed by atoms with van der Waals surface area (Å²) in [5.74, 6) is 2.48. The minimum absolute atomic E-state index is 0.0983. The summed E-state index contributed by atoms with van der Waals surface area (Å²) in [7, 11) is -2.07. The smallest absolute Gasteiger partial charge is 0.240 e. The van der Waals surface area contributed by atoms with Crippen molar-refractivity contribution in [1.82, 2.24) is 30.0 Å². The minimum atomic E-state index is -3.69. The van der Waals surface area contributed by atoms with Gasteiger partial charge in [-0.25, -0.2) is 13.1 Å². The zero-order valence-corrected chi connectivity index (χ0v) is 32.1. The van der Waals surface area contributed by atoms with Crippen LogP contribution in [0.25, 0.3) is 16.8 Å². The van der Waals surface area contributed by atoms with Gasteiger partial charge in [0.05, 0.1) is 35.5 Å². The van der Waals surface area contributed by atoms with Crippen LogP contribution in [0.3, 0.4) is 0 Å². The van der Waals surface area contributed by atoms with E-state index in [2.05, 4.69) is 25.4 Å². The average Bonchev–Trinajstić information content (AvgIpc) is 3.65. The van der Waals surface area contributed by atoms with Gasteiger partial charge in [0.25, 0.3) is 0 Å². The van der Waals surface area contributed by atoms with Crippen LogP contribution >= 0.6 is 11.6 Å². The fourth-order valence-electron chi connectivity index (χ4n) is 6.66. The Bertz CT molecular complexity index is 2230. The van der Waals surface area contributed by atoms with Crippen LogP contribution in [0.4, 0.5) is 0 Å². The second-order valence-electron chi connectivity index (χ2n) is 13.2. The summed E-state index contributed by atoms with van der Waals surface area (Å²) >= 11 is 6.21. The number of hydrogen-bond acceptors (Lipinski definition) is 9. The fraction of sp³-hybridized carbons (Fsp3) is 0.359. The van der Waals surface area contributed by atoms with Gasteiger partial charge in [-0.05, 0) is 88.1 Å². The molecule has 0 saturated carbocycles. The summed E-state index contributed by atoms with van der Waals surface area (Å²) in [4.78, 5) is 18.7. The number of amides is 1. The highest BCUT2D eigenvalue weighted by Gasteiger charge is 2.30. The van der Waals surface area contributed by atoms with Crippen LogP contribution in [0.15, 0.2) is 75.1 Å². The Kier molecular flexibility index (Phi) is 11.8. The second-order valence-corrected chi connectivity index (χ2v) is 15.4. The summed E-state index contributed by atoms with van der Waals surface area (Å²) in [5, 5.41) is 16.5. The van der Waals surface area contributed by atoms with Crippen LogP contribution in [0.2, 0.25) is 5.02 Å². The van der Waals surface area contributed by atoms with Crippen molar-refractivity contribution in [2.24, 2.45) is 4.99 Å². The maximum Gasteiger partial charge on any atom is 0.240 e. The van der Waals surface area contributed by atoms with Gasteiger partial charge in [-0.3, -0.25) is 14.4 Å². The first-order chi connectivity index (χ1) is 25.5. The Morgan fingerprint density at radius 1 is 0.906 bits per heavy atom. The predicted octanol–water partition coefficient (Wildman–Crippen LogP) is 7.15. The topological polar surface area (TPSA) is 154 Å². The number of aryl methyl sites for hydroxylation is 4. The van der Waals surface area contributed by atoms with E-state index in [1.807, 2.05) is 73.9 Å². The lowest BCUT2D eigenvalue weighted by Crippen LogP contribution is -2.26. The molecule has 0 spiro atoms. The molecule has 1 aliphatic heterocycles. The van der Waals surface area contributed by atoms with Gasteiger partial charge in [-0.2, -0.15) is 0 Å². The van der Waals surface area contributed by atoms with Crippen molar-refractivity contribution < 1.29 is 22.5 Å². The highest BCUT2D eigenvalue weighted by molar-refractivity contribution is 7.89. The second kappa shape index (κ2) is 16.4. The minimum Gasteiger partial charge on any atom is -0.497 e. The van der Waals surface area contributed by atoms with Crippen LogP contribution in [0.1, 0.15) is 84.4 Å². The summed E-state index contributed by atoms with van der Waals surface area (Å²) in [6.45, 7) is 8.19. The number of sulfonamides is 1. The van der Waals surface area contributed by atoms with Gasteiger partial charge in [0.2, 0.25) is 15.9 Å². The molecule has 1 atom stereocenters. The third kappa shape index (κ3) is 8.53. The number of carbonyl (C=O) groups is 1. The monoisotopic (exact) mass is 757 g/mol. The van der Waals surface area contributed by atoms with E-state index in [4.69, 9.17) is 25.9 Å². The first-order valence-corrected chi connectivity index (χ1v) is 19.6. The molecule has 2 aromatic heterocycles. The van der Waals surface area contributed by atoms with E-state index >= 15 is 0 Å². The van der Waals surface area contributed by atoms with Crippen molar-refractivity contribution in [1.29, 1.82) is 0 Å². The maximum absolute atomic E-state index is 13.3. The molecule has 1 amide bonds. The van der Waals surface area contributed by atoms with Crippen LogP contribution in [0, 0.1) is 27.7 Å². The SMILES string of the molecule is COc1ccc2c(c1)C(c1ccc(Cl)cc1)=N[C@@H](CC(=O)NCCCCCCCNS(=O)(=O)c1cc(-c3c(C)noc3C)ccc1C)c1nnc(C)n1-2. The first-order valence-electron chi connectivity index (χ1n) is 17.7. The van der Waals surface area contributed by atoms with E-state index in [0.717, 1.165) is 53.6 Å². The van der Waals surface area contributed by atoms with Gasteiger partial charge < -0.3 is 14.6 Å². The summed E-state index contributed by atoms with van der Waals surface area (Å²) < 4.78 is 41.9. The zero-order valence-electron chi connectivity index (χ0n) is 30.6. The molecule has 0 saturated heterocycles. The lowest BCUT2D eigenvalue weighted by Gasteiger charge is -2.14. The van der Waals surface area contributed by atoms with Crippen molar-refractivity contribution in [2.75, 3.05) is 20.2 Å². The van der Waals surface area contributed by atoms with E-state index in [1.54, 1.807) is 26.2 Å². The van der Waals surface area contributed by atoms with Crippen LogP contribution in [-0.2, 0) is 14.8 Å². The third-order valence-corrected chi connectivity index (χ3v) is 11.3. The van der Waals surface area contributed by atoms with Gasteiger partial charge in [-0.15, -0.1) is 10.2 Å². The molecule has 14 heteroatoms. The molecule has 278 valence electrons. The van der Waals surface area contributed by atoms with E-state index < -0.39 is 16.1 Å². The molecule has 1 aliphatic rings. The van der Waals surface area contributed by atoms with Crippen LogP contribution in [-0.4, -0.2) is 60.2 Å². The fourth-order valence-corrected chi connectivity index (χ4v) is 8.13. The molecular weight excluding hydrogens is 714 g/mol. The molecular formula is C39H44ClN7O5S. The quantitative estimate of drug-likeness (QED) is 0.107. The Morgan fingerprint density at radius 3 is 2.34 bits per heavy atom. The zero-order chi connectivity index (χ0) is 37.7. The number of nitrogens with one attached hydrogen (secondary N) is 2. The molecule has 53 heavy (non-hydrogen) atoms. The molecule has 3 heterocycles. The molecule has 5 aromatic rings. The predicted molar refractivity (Wildman–Crippen MR) is 205 cm³/mol. The van der Waals surface area contributed by atoms with Crippen molar-refractivity contribution in [2.45, 2.75) is 77.2 Å². The molecule has 0 fully saturated rings. The number of nitrogens with zero attached hydrogens (tertiary/aromatic N) is 5. The van der Waals surface area contributed by atoms with E-state index in [0.29, 0.717) is 64.7 Å². The summed E-state index contributed by atoms with van der Waals surface area (Å²) in [6.07, 6.45) is 4.28. The lowest BCUT2D eigenvalue weighted by atomic mass is 10.00. The first kappa shape index (κ1) is 37.9. The lowest BCUT2D eigenvalue weighted by molar-refractivity contribution is -0.121. The molecule has 2 N–H and O–H groups in total. The molecule has 0 unspecified atom stereocenters. The Morgan fingerprint density at radius 2 is 1.62 bits per heavy atom. The molecule has 12 nitrogen and oxygen atoms in total. The number of methoxy groups -OCH3 is 1. The molecule has 0 bridgehead atoms. The number of hydrogen-bond donors (Lipinski definition) is 2. The number of aliphatic imine (C=N–C) groups is 1. The molecule has 0 aliphatic carbocycles. The normalized spacial score (nSPS) is 13.9. The Hall–Kier alpha value is -4.85. The number of rotatable bonds is 15. The highest BCUT2D eigenvalue weighted by atomic mass is 35.5. The number of unbranched alkanes of at least 4 members (excludes halogenated alkanes) is 4. The van der Waals surface area contributed by atoms with E-state index in [9.17, 15) is 13.2 Å². The maximum atomic E-state index is 13.3. The number of benzene rings is 3. The number of aromatic nitrogens is 4. The van der Waals surface area contributed by atoms with Gasteiger partial charge >= 0.3 is 0 Å². The number of halogens is 1. The average molecular weight is 758 g/mol.